The van der Waals surface area contributed by atoms with E-state index in [1.54, 1.807) is 0 Å². The SMILES string of the molecule is CC/C=C\C/C=C\C/C=C\C/C=C\CCCCCCCCC(=O)OCC(COC(=O)CCCCCCC/C=C\CCCCCCC)OC(=O)CCCCCCCCCCCCCCCCCC. The van der Waals surface area contributed by atoms with Crippen molar-refractivity contribution >= 4 is 17.9 Å². The van der Waals surface area contributed by atoms with Crippen molar-refractivity contribution < 1.29 is 28.6 Å². The third-order valence-electron chi connectivity index (χ3n) is 12.5. The minimum atomic E-state index is -0.781. The van der Waals surface area contributed by atoms with Gasteiger partial charge in [0.15, 0.2) is 6.10 Å². The first-order valence-corrected chi connectivity index (χ1v) is 28.8. The highest BCUT2D eigenvalue weighted by atomic mass is 16.6. The van der Waals surface area contributed by atoms with E-state index in [-0.39, 0.29) is 31.1 Å². The summed E-state index contributed by atoms with van der Waals surface area (Å²) in [6, 6.07) is 0. The summed E-state index contributed by atoms with van der Waals surface area (Å²) in [5.74, 6) is -0.890. The highest BCUT2D eigenvalue weighted by molar-refractivity contribution is 5.71. The summed E-state index contributed by atoms with van der Waals surface area (Å²) in [7, 11) is 0. The summed E-state index contributed by atoms with van der Waals surface area (Å²) in [6.45, 7) is 6.53. The van der Waals surface area contributed by atoms with E-state index in [0.29, 0.717) is 19.3 Å². The zero-order valence-corrected chi connectivity index (χ0v) is 44.4. The van der Waals surface area contributed by atoms with Gasteiger partial charge in [-0.25, -0.2) is 0 Å². The zero-order chi connectivity index (χ0) is 48.6. The van der Waals surface area contributed by atoms with Gasteiger partial charge in [-0.3, -0.25) is 14.4 Å². The van der Waals surface area contributed by atoms with Crippen LogP contribution in [0.1, 0.15) is 290 Å². The van der Waals surface area contributed by atoms with Gasteiger partial charge in [0.25, 0.3) is 0 Å². The Bertz CT molecular complexity index is 1210. The summed E-state index contributed by atoms with van der Waals surface area (Å²) in [4.78, 5) is 38.1. The Kier molecular flexibility index (Phi) is 53.3. The van der Waals surface area contributed by atoms with E-state index in [4.69, 9.17) is 14.2 Å². The molecule has 0 rings (SSSR count). The molecule has 0 aromatic carbocycles. The van der Waals surface area contributed by atoms with Gasteiger partial charge in [0.1, 0.15) is 13.2 Å². The average Bonchev–Trinajstić information content (AvgIpc) is 3.33. The van der Waals surface area contributed by atoms with Gasteiger partial charge in [-0.1, -0.05) is 248 Å². The lowest BCUT2D eigenvalue weighted by Gasteiger charge is -2.18. The molecule has 6 nitrogen and oxygen atoms in total. The van der Waals surface area contributed by atoms with Crippen molar-refractivity contribution in [2.24, 2.45) is 0 Å². The lowest BCUT2D eigenvalue weighted by molar-refractivity contribution is -0.167. The van der Waals surface area contributed by atoms with Crippen molar-refractivity contribution in [1.29, 1.82) is 0 Å². The lowest BCUT2D eigenvalue weighted by atomic mass is 10.0. The van der Waals surface area contributed by atoms with Gasteiger partial charge in [-0.05, 0) is 83.5 Å². The second-order valence-electron chi connectivity index (χ2n) is 19.2. The van der Waals surface area contributed by atoms with E-state index in [2.05, 4.69) is 81.5 Å². The Labute approximate surface area is 415 Å². The van der Waals surface area contributed by atoms with Crippen molar-refractivity contribution in [3.63, 3.8) is 0 Å². The molecule has 0 aromatic heterocycles. The standard InChI is InChI=1S/C61H108O6/c1-4-7-10-13-16-19-22-25-28-30-31-32-34-36-39-42-45-48-51-54-60(63)66-57-58(56-65-59(62)53-50-47-44-41-38-35-27-24-21-18-15-12-9-6-3)67-61(64)55-52-49-46-43-40-37-33-29-26-23-20-17-14-11-8-5-2/h7,10,16,19,24-25,27-28,31-32,58H,4-6,8-9,11-15,17-18,20-23,26,29-30,33-57H2,1-3H3/b10-7-,19-16-,27-24-,28-25-,32-31-. The Morgan fingerprint density at radius 3 is 0.925 bits per heavy atom. The molecule has 0 N–H and O–H groups in total. The normalized spacial score (nSPS) is 12.5. The Morgan fingerprint density at radius 2 is 0.582 bits per heavy atom. The lowest BCUT2D eigenvalue weighted by Crippen LogP contribution is -2.30. The second-order valence-corrected chi connectivity index (χ2v) is 19.2. The first-order chi connectivity index (χ1) is 33.0. The third kappa shape index (κ3) is 53.9. The van der Waals surface area contributed by atoms with Crippen LogP contribution < -0.4 is 0 Å². The maximum Gasteiger partial charge on any atom is 0.306 e. The molecular weight excluding hydrogens is 829 g/mol. The van der Waals surface area contributed by atoms with Crippen LogP contribution in [-0.2, 0) is 28.6 Å². The van der Waals surface area contributed by atoms with Crippen molar-refractivity contribution in [2.75, 3.05) is 13.2 Å². The number of rotatable bonds is 52. The highest BCUT2D eigenvalue weighted by Crippen LogP contribution is 2.16. The van der Waals surface area contributed by atoms with Gasteiger partial charge in [0.2, 0.25) is 0 Å². The van der Waals surface area contributed by atoms with E-state index in [1.807, 2.05) is 0 Å². The molecule has 0 spiro atoms. The van der Waals surface area contributed by atoms with Gasteiger partial charge in [-0.2, -0.15) is 0 Å². The number of unbranched alkanes of at least 4 members (excludes halogenated alkanes) is 31. The van der Waals surface area contributed by atoms with Crippen molar-refractivity contribution in [3.8, 4) is 0 Å². The highest BCUT2D eigenvalue weighted by Gasteiger charge is 2.19. The number of carbonyl (C=O) groups excluding carboxylic acids is 3. The van der Waals surface area contributed by atoms with Crippen molar-refractivity contribution in [2.45, 2.75) is 297 Å². The van der Waals surface area contributed by atoms with Gasteiger partial charge in [0, 0.05) is 19.3 Å². The molecule has 0 saturated heterocycles. The topological polar surface area (TPSA) is 78.9 Å². The fraction of sp³-hybridized carbons (Fsp3) is 0.787. The van der Waals surface area contributed by atoms with Crippen LogP contribution >= 0.6 is 0 Å². The maximum atomic E-state index is 12.9. The predicted molar refractivity (Wildman–Crippen MR) is 288 cm³/mol. The Hall–Kier alpha value is -2.89. The van der Waals surface area contributed by atoms with Crippen LogP contribution in [0.2, 0.25) is 0 Å². The predicted octanol–water partition coefficient (Wildman–Crippen LogP) is 19.2. The molecule has 388 valence electrons. The molecule has 1 atom stereocenters. The summed E-state index contributed by atoms with van der Waals surface area (Å²) in [5.41, 5.74) is 0. The number of ether oxygens (including phenoxy) is 3. The first kappa shape index (κ1) is 64.1. The summed E-state index contributed by atoms with van der Waals surface area (Å²) in [5, 5.41) is 0. The van der Waals surface area contributed by atoms with E-state index < -0.39 is 6.10 Å². The summed E-state index contributed by atoms with van der Waals surface area (Å²) in [6.07, 6.45) is 69.2. The summed E-state index contributed by atoms with van der Waals surface area (Å²) < 4.78 is 16.9. The molecule has 0 aliphatic carbocycles. The average molecular weight is 938 g/mol. The van der Waals surface area contributed by atoms with Crippen LogP contribution in [0, 0.1) is 0 Å². The fourth-order valence-corrected chi connectivity index (χ4v) is 8.19. The smallest absolute Gasteiger partial charge is 0.306 e. The van der Waals surface area contributed by atoms with Crippen LogP contribution in [-0.4, -0.2) is 37.2 Å². The fourth-order valence-electron chi connectivity index (χ4n) is 8.19. The van der Waals surface area contributed by atoms with Gasteiger partial charge >= 0.3 is 17.9 Å². The molecule has 0 aliphatic rings. The Morgan fingerprint density at radius 1 is 0.313 bits per heavy atom. The maximum absolute atomic E-state index is 12.9. The molecule has 1 unspecified atom stereocenters. The molecule has 67 heavy (non-hydrogen) atoms. The van der Waals surface area contributed by atoms with Crippen LogP contribution in [0.5, 0.6) is 0 Å². The van der Waals surface area contributed by atoms with Gasteiger partial charge < -0.3 is 14.2 Å². The minimum absolute atomic E-state index is 0.0807. The first-order valence-electron chi connectivity index (χ1n) is 28.8. The van der Waals surface area contributed by atoms with Gasteiger partial charge in [0.05, 0.1) is 0 Å². The molecule has 0 saturated carbocycles. The van der Waals surface area contributed by atoms with Crippen LogP contribution in [0.4, 0.5) is 0 Å². The molecule has 0 aliphatic heterocycles. The monoisotopic (exact) mass is 937 g/mol. The quantitative estimate of drug-likeness (QED) is 0.0262. The number of carbonyl (C=O) groups is 3. The molecular formula is C61H108O6. The number of esters is 3. The second kappa shape index (κ2) is 55.7. The van der Waals surface area contributed by atoms with Crippen molar-refractivity contribution in [1.82, 2.24) is 0 Å². The van der Waals surface area contributed by atoms with E-state index >= 15 is 0 Å². The largest absolute Gasteiger partial charge is 0.462 e. The Balaban J connectivity index is 4.38. The van der Waals surface area contributed by atoms with Crippen molar-refractivity contribution in [3.05, 3.63) is 60.8 Å². The molecule has 0 radical (unpaired) electrons. The van der Waals surface area contributed by atoms with E-state index in [0.717, 1.165) is 96.3 Å². The minimum Gasteiger partial charge on any atom is -0.462 e. The van der Waals surface area contributed by atoms with E-state index in [1.165, 1.54) is 154 Å². The van der Waals surface area contributed by atoms with Crippen LogP contribution in [0.25, 0.3) is 0 Å². The van der Waals surface area contributed by atoms with E-state index in [9.17, 15) is 14.4 Å². The molecule has 6 heteroatoms. The molecule has 0 amide bonds. The number of allylic oxidation sites excluding steroid dienone is 10. The summed E-state index contributed by atoms with van der Waals surface area (Å²) >= 11 is 0. The number of hydrogen-bond donors (Lipinski definition) is 0. The molecule has 0 bridgehead atoms. The van der Waals surface area contributed by atoms with Crippen LogP contribution in [0.15, 0.2) is 60.8 Å². The van der Waals surface area contributed by atoms with Gasteiger partial charge in [-0.15, -0.1) is 0 Å². The van der Waals surface area contributed by atoms with Crippen LogP contribution in [0.3, 0.4) is 0 Å². The molecule has 0 fully saturated rings. The zero-order valence-electron chi connectivity index (χ0n) is 44.4. The number of hydrogen-bond acceptors (Lipinski definition) is 6. The molecule has 0 aromatic rings. The third-order valence-corrected chi connectivity index (χ3v) is 12.5. The molecule has 0 heterocycles.